The van der Waals surface area contributed by atoms with Crippen LogP contribution in [0.3, 0.4) is 0 Å². The van der Waals surface area contributed by atoms with Gasteiger partial charge in [0.2, 0.25) is 5.91 Å². The van der Waals surface area contributed by atoms with Crippen molar-refractivity contribution in [3.05, 3.63) is 48.6 Å². The third-order valence-corrected chi connectivity index (χ3v) is 17.7. The van der Waals surface area contributed by atoms with E-state index >= 15 is 0 Å². The molecule has 0 saturated carbocycles. The van der Waals surface area contributed by atoms with Gasteiger partial charge in [-0.1, -0.05) is 339 Å². The normalized spacial score (nSPS) is 18.5. The molecule has 1 fully saturated rings. The lowest BCUT2D eigenvalue weighted by Gasteiger charge is -2.41. The van der Waals surface area contributed by atoms with Crippen LogP contribution in [-0.2, 0) is 23.8 Å². The minimum absolute atomic E-state index is 0.117. The zero-order valence-electron chi connectivity index (χ0n) is 56.9. The molecule has 0 spiro atoms. The molecule has 1 amide bonds. The fourth-order valence-corrected chi connectivity index (χ4v) is 11.8. The van der Waals surface area contributed by atoms with Gasteiger partial charge in [0, 0.05) is 6.42 Å². The van der Waals surface area contributed by atoms with Crippen LogP contribution in [0.25, 0.3) is 0 Å². The zero-order chi connectivity index (χ0) is 63.1. The van der Waals surface area contributed by atoms with E-state index in [1.807, 2.05) is 6.08 Å². The van der Waals surface area contributed by atoms with Crippen molar-refractivity contribution >= 4 is 11.9 Å². The van der Waals surface area contributed by atoms with Crippen LogP contribution in [0, 0.1) is 0 Å². The Bertz CT molecular complexity index is 1600. The molecule has 11 heteroatoms. The number of rotatable bonds is 65. The van der Waals surface area contributed by atoms with Crippen molar-refractivity contribution in [3.8, 4) is 0 Å². The fourth-order valence-electron chi connectivity index (χ4n) is 11.8. The molecule has 0 aromatic heterocycles. The van der Waals surface area contributed by atoms with Crippen LogP contribution in [0.1, 0.15) is 361 Å². The highest BCUT2D eigenvalue weighted by atomic mass is 16.7. The minimum atomic E-state index is -1.62. The summed E-state index contributed by atoms with van der Waals surface area (Å²) < 4.78 is 17.7. The van der Waals surface area contributed by atoms with Crippen LogP contribution >= 0.6 is 0 Å². The van der Waals surface area contributed by atoms with Gasteiger partial charge in [-0.15, -0.1) is 0 Å². The number of aliphatic hydroxyl groups is 5. The van der Waals surface area contributed by atoms with Crippen molar-refractivity contribution in [2.45, 2.75) is 410 Å². The second-order valence-electron chi connectivity index (χ2n) is 26.0. The Hall–Kier alpha value is -2.38. The number of ether oxygens (including phenoxy) is 3. The summed E-state index contributed by atoms with van der Waals surface area (Å²) in [5, 5.41) is 57.3. The molecule has 0 bridgehead atoms. The second kappa shape index (κ2) is 63.8. The number of carbonyl (C=O) groups excluding carboxylic acids is 2. The molecule has 0 aromatic rings. The van der Waals surface area contributed by atoms with Crippen LogP contribution in [-0.4, -0.2) is 99.6 Å². The lowest BCUT2D eigenvalue weighted by molar-refractivity contribution is -0.305. The van der Waals surface area contributed by atoms with Crippen molar-refractivity contribution in [2.75, 3.05) is 13.2 Å². The van der Waals surface area contributed by atoms with Crippen LogP contribution < -0.4 is 5.32 Å². The van der Waals surface area contributed by atoms with Gasteiger partial charge in [0.05, 0.1) is 25.4 Å². The average Bonchev–Trinajstić information content (AvgIpc) is 2.32. The molecule has 1 rings (SSSR count). The van der Waals surface area contributed by atoms with Gasteiger partial charge in [0.25, 0.3) is 0 Å². The molecule has 1 aliphatic heterocycles. The van der Waals surface area contributed by atoms with Gasteiger partial charge >= 0.3 is 5.97 Å². The van der Waals surface area contributed by atoms with E-state index in [1.54, 1.807) is 6.08 Å². The lowest BCUT2D eigenvalue weighted by Crippen LogP contribution is -2.61. The van der Waals surface area contributed by atoms with Gasteiger partial charge in [-0.3, -0.25) is 9.59 Å². The monoisotopic (exact) mass is 1230 g/mol. The van der Waals surface area contributed by atoms with Gasteiger partial charge in [0.1, 0.15) is 24.4 Å². The summed E-state index contributed by atoms with van der Waals surface area (Å²) >= 11 is 0. The van der Waals surface area contributed by atoms with E-state index in [4.69, 9.17) is 14.2 Å². The summed E-state index contributed by atoms with van der Waals surface area (Å²) in [6, 6.07) is -1.02. The number of carbonyl (C=O) groups is 2. The molecule has 8 atom stereocenters. The first-order valence-corrected chi connectivity index (χ1v) is 37.4. The number of nitrogens with one attached hydrogen (secondary N) is 1. The molecule has 0 aromatic carbocycles. The molecule has 11 nitrogen and oxygen atoms in total. The Morgan fingerprint density at radius 2 is 0.793 bits per heavy atom. The summed E-state index contributed by atoms with van der Waals surface area (Å²) in [7, 11) is 0. The van der Waals surface area contributed by atoms with Gasteiger partial charge in [0.15, 0.2) is 12.4 Å². The molecule has 6 N–H and O–H groups in total. The Labute approximate surface area is 536 Å². The van der Waals surface area contributed by atoms with Crippen molar-refractivity contribution in [2.24, 2.45) is 0 Å². The SMILES string of the molecule is CCCCC/C=C\C/C=C\C/C=C\CCCCCCCCCCC(=O)OC1C(OCC(NC(=O)C(O)CCCCCCCCCCCCCCCCCCCCCCCCCC)C(O)/C=C/CCCCCCCCCCCCC)OC(CO)C(O)C1O. The first-order valence-electron chi connectivity index (χ1n) is 37.4. The first-order chi connectivity index (χ1) is 42.7. The van der Waals surface area contributed by atoms with Crippen molar-refractivity contribution < 1.29 is 49.3 Å². The Morgan fingerprint density at radius 3 is 1.21 bits per heavy atom. The third kappa shape index (κ3) is 50.9. The molecule has 0 radical (unpaired) electrons. The Balaban J connectivity index is 2.56. The number of hydrogen-bond acceptors (Lipinski definition) is 10. The number of esters is 1. The van der Waals surface area contributed by atoms with E-state index in [0.29, 0.717) is 19.3 Å². The Morgan fingerprint density at radius 1 is 0.448 bits per heavy atom. The summed E-state index contributed by atoms with van der Waals surface area (Å²) in [6.45, 7) is 5.82. The number of allylic oxidation sites excluding steroid dienone is 7. The highest BCUT2D eigenvalue weighted by Gasteiger charge is 2.47. The van der Waals surface area contributed by atoms with Gasteiger partial charge < -0.3 is 45.1 Å². The maximum Gasteiger partial charge on any atom is 0.306 e. The molecule has 510 valence electrons. The standard InChI is InChI=1S/C76H141NO10/c1-4-7-10-13-16-19-22-25-27-29-31-33-34-35-37-38-40-42-45-48-51-54-57-60-63-69(80)75(84)77-67(68(79)62-59-56-53-50-47-44-24-21-18-15-12-9-6-3)66-85-76-74(73(83)72(82)70(65-78)86-76)87-71(81)64-61-58-55-52-49-46-43-41-39-36-32-30-28-26-23-20-17-14-11-8-5-2/h17,20,26,28,32,36,59,62,67-70,72-74,76,78-80,82-83H,4-16,18-19,21-25,27,29-31,33-35,37-58,60-61,63-66H2,1-3H3,(H,77,84)/b20-17-,28-26-,36-32-,62-59+. The Kier molecular flexibility index (Phi) is 60.6. The maximum atomic E-state index is 13.5. The molecule has 87 heavy (non-hydrogen) atoms. The number of aliphatic hydroxyl groups excluding tert-OH is 5. The number of amides is 1. The van der Waals surface area contributed by atoms with Gasteiger partial charge in [-0.2, -0.15) is 0 Å². The lowest BCUT2D eigenvalue weighted by atomic mass is 9.99. The van der Waals surface area contributed by atoms with E-state index < -0.39 is 67.4 Å². The predicted octanol–water partition coefficient (Wildman–Crippen LogP) is 19.5. The van der Waals surface area contributed by atoms with E-state index in [1.165, 1.54) is 231 Å². The van der Waals surface area contributed by atoms with Crippen LogP contribution in [0.2, 0.25) is 0 Å². The summed E-state index contributed by atoms with van der Waals surface area (Å²) in [4.78, 5) is 26.7. The number of unbranched alkanes of at least 4 members (excludes halogenated alkanes) is 45. The smallest absolute Gasteiger partial charge is 0.306 e. The number of hydrogen-bond donors (Lipinski definition) is 6. The van der Waals surface area contributed by atoms with Gasteiger partial charge in [-0.05, 0) is 64.2 Å². The van der Waals surface area contributed by atoms with Crippen LogP contribution in [0.5, 0.6) is 0 Å². The molecule has 1 heterocycles. The summed E-state index contributed by atoms with van der Waals surface area (Å²) in [5.74, 6) is -1.19. The van der Waals surface area contributed by atoms with Gasteiger partial charge in [-0.25, -0.2) is 0 Å². The zero-order valence-corrected chi connectivity index (χ0v) is 56.9. The van der Waals surface area contributed by atoms with E-state index in [9.17, 15) is 35.1 Å². The highest BCUT2D eigenvalue weighted by molar-refractivity contribution is 5.80. The largest absolute Gasteiger partial charge is 0.454 e. The third-order valence-electron chi connectivity index (χ3n) is 17.7. The topological polar surface area (TPSA) is 175 Å². The average molecular weight is 1230 g/mol. The van der Waals surface area contributed by atoms with Crippen LogP contribution in [0.15, 0.2) is 48.6 Å². The summed E-state index contributed by atoms with van der Waals surface area (Å²) in [5.41, 5.74) is 0. The highest BCUT2D eigenvalue weighted by Crippen LogP contribution is 2.27. The van der Waals surface area contributed by atoms with Crippen molar-refractivity contribution in [3.63, 3.8) is 0 Å². The molecule has 1 saturated heterocycles. The minimum Gasteiger partial charge on any atom is -0.454 e. The molecular weight excluding hydrogens is 1090 g/mol. The van der Waals surface area contributed by atoms with Crippen molar-refractivity contribution in [1.29, 1.82) is 0 Å². The van der Waals surface area contributed by atoms with E-state index in [2.05, 4.69) is 62.5 Å². The predicted molar refractivity (Wildman–Crippen MR) is 366 cm³/mol. The molecule has 1 aliphatic rings. The van der Waals surface area contributed by atoms with E-state index in [0.717, 1.165) is 83.5 Å². The van der Waals surface area contributed by atoms with Crippen LogP contribution in [0.4, 0.5) is 0 Å². The summed E-state index contributed by atoms with van der Waals surface area (Å²) in [6.07, 6.45) is 70.1. The molecular formula is C76H141NO10. The van der Waals surface area contributed by atoms with Crippen molar-refractivity contribution in [1.82, 2.24) is 5.32 Å². The van der Waals surface area contributed by atoms with E-state index in [-0.39, 0.29) is 13.0 Å². The second-order valence-corrected chi connectivity index (χ2v) is 26.0. The molecule has 0 aliphatic carbocycles. The molecule has 8 unspecified atom stereocenters. The first kappa shape index (κ1) is 82.6. The quantitative estimate of drug-likeness (QED) is 0.0195. The fraction of sp³-hybridized carbons (Fsp3) is 0.868. The maximum absolute atomic E-state index is 13.5.